The fourth-order valence-electron chi connectivity index (χ4n) is 2.91. The van der Waals surface area contributed by atoms with Crippen molar-refractivity contribution in [1.29, 1.82) is 0 Å². The van der Waals surface area contributed by atoms with Crippen molar-refractivity contribution < 1.29 is 9.59 Å². The summed E-state index contributed by atoms with van der Waals surface area (Å²) in [4.78, 5) is 28.3. The van der Waals surface area contributed by atoms with E-state index in [2.05, 4.69) is 5.32 Å². The largest absolute Gasteiger partial charge is 0.365 e. The number of para-hydroxylation sites is 2. The highest BCUT2D eigenvalue weighted by molar-refractivity contribution is 6.01. The molecule has 2 amide bonds. The zero-order valence-electron chi connectivity index (χ0n) is 13.7. The smallest absolute Gasteiger partial charge is 0.249 e. The lowest BCUT2D eigenvalue weighted by Crippen LogP contribution is -2.45. The van der Waals surface area contributed by atoms with Crippen LogP contribution in [-0.2, 0) is 9.59 Å². The van der Waals surface area contributed by atoms with E-state index in [1.165, 1.54) is 0 Å². The predicted molar refractivity (Wildman–Crippen MR) is 95.1 cm³/mol. The topological polar surface area (TPSA) is 52.7 Å². The Kier molecular flexibility index (Phi) is 4.79. The Balaban J connectivity index is 1.57. The summed E-state index contributed by atoms with van der Waals surface area (Å²) in [6.07, 6.45) is 0.633. The van der Waals surface area contributed by atoms with Crippen molar-refractivity contribution in [2.75, 3.05) is 29.9 Å². The molecule has 0 saturated carbocycles. The molecule has 1 saturated heterocycles. The van der Waals surface area contributed by atoms with Crippen LogP contribution in [0.2, 0.25) is 0 Å². The highest BCUT2D eigenvalue weighted by atomic mass is 16.2. The van der Waals surface area contributed by atoms with E-state index in [1.807, 2.05) is 72.6 Å². The molecule has 0 unspecified atom stereocenters. The third-order valence-electron chi connectivity index (χ3n) is 4.19. The van der Waals surface area contributed by atoms with Crippen LogP contribution in [0.4, 0.5) is 11.4 Å². The van der Waals surface area contributed by atoms with Crippen molar-refractivity contribution in [3.8, 4) is 0 Å². The summed E-state index contributed by atoms with van der Waals surface area (Å²) in [6, 6.07) is 18.8. The van der Waals surface area contributed by atoms with Gasteiger partial charge < -0.3 is 15.1 Å². The van der Waals surface area contributed by atoms with E-state index < -0.39 is 6.04 Å². The maximum atomic E-state index is 12.5. The van der Waals surface area contributed by atoms with Gasteiger partial charge in [-0.05, 0) is 30.7 Å². The van der Waals surface area contributed by atoms with E-state index in [0.29, 0.717) is 13.0 Å². The number of carbonyl (C=O) groups excluding carboxylic acids is 2. The zero-order chi connectivity index (χ0) is 16.9. The maximum Gasteiger partial charge on any atom is 0.249 e. The highest BCUT2D eigenvalue weighted by Gasteiger charge is 2.33. The second-order valence-electron chi connectivity index (χ2n) is 5.93. The van der Waals surface area contributed by atoms with Crippen LogP contribution in [0, 0.1) is 0 Å². The van der Waals surface area contributed by atoms with E-state index in [0.717, 1.165) is 11.4 Å². The van der Waals surface area contributed by atoms with Gasteiger partial charge in [-0.1, -0.05) is 36.4 Å². The summed E-state index contributed by atoms with van der Waals surface area (Å²) in [7, 11) is 1.86. The Hall–Kier alpha value is -2.82. The lowest BCUT2D eigenvalue weighted by molar-refractivity contribution is -0.125. The minimum Gasteiger partial charge on any atom is -0.365 e. The van der Waals surface area contributed by atoms with Crippen LogP contribution in [0.15, 0.2) is 60.7 Å². The fourth-order valence-corrected chi connectivity index (χ4v) is 2.91. The van der Waals surface area contributed by atoms with Crippen LogP contribution in [-0.4, -0.2) is 38.0 Å². The molecule has 0 radical (unpaired) electrons. The van der Waals surface area contributed by atoms with Gasteiger partial charge in [0.1, 0.15) is 6.04 Å². The molecule has 1 heterocycles. The number of hydrogen-bond donors (Lipinski definition) is 1. The summed E-state index contributed by atoms with van der Waals surface area (Å²) in [5.41, 5.74) is 1.84. The number of likely N-dealkylation sites (N-methyl/N-ethyl adjacent to an activating group) is 1. The lowest BCUT2D eigenvalue weighted by Gasteiger charge is -2.20. The number of benzene rings is 2. The quantitative estimate of drug-likeness (QED) is 0.916. The number of hydrogen-bond acceptors (Lipinski definition) is 3. The van der Waals surface area contributed by atoms with E-state index in [9.17, 15) is 9.59 Å². The Bertz CT molecular complexity index is 703. The molecule has 124 valence electrons. The molecule has 1 atom stereocenters. The first-order valence-electron chi connectivity index (χ1n) is 8.07. The molecular formula is C19H21N3O2. The molecule has 2 aromatic carbocycles. The van der Waals surface area contributed by atoms with Crippen LogP contribution in [0.25, 0.3) is 0 Å². The molecule has 0 aliphatic carbocycles. The molecule has 1 fully saturated rings. The number of amides is 2. The van der Waals surface area contributed by atoms with Gasteiger partial charge in [0.25, 0.3) is 0 Å². The Labute approximate surface area is 141 Å². The van der Waals surface area contributed by atoms with Gasteiger partial charge in [0.05, 0.1) is 6.54 Å². The molecule has 1 N–H and O–H groups in total. The van der Waals surface area contributed by atoms with Crippen LogP contribution in [0.3, 0.4) is 0 Å². The lowest BCUT2D eigenvalue weighted by atomic mass is 10.2. The number of anilines is 2. The average molecular weight is 323 g/mol. The summed E-state index contributed by atoms with van der Waals surface area (Å²) in [5.74, 6) is -0.188. The minimum atomic E-state index is -0.443. The molecule has 5 heteroatoms. The number of nitrogens with zero attached hydrogens (tertiary/aromatic N) is 2. The third-order valence-corrected chi connectivity index (χ3v) is 4.19. The van der Waals surface area contributed by atoms with Gasteiger partial charge in [-0.2, -0.15) is 0 Å². The van der Waals surface area contributed by atoms with E-state index in [-0.39, 0.29) is 18.4 Å². The van der Waals surface area contributed by atoms with Crippen LogP contribution in [0.1, 0.15) is 6.42 Å². The van der Waals surface area contributed by atoms with Crippen LogP contribution >= 0.6 is 0 Å². The monoisotopic (exact) mass is 323 g/mol. The molecule has 5 nitrogen and oxygen atoms in total. The van der Waals surface area contributed by atoms with Gasteiger partial charge in [0.2, 0.25) is 11.8 Å². The standard InChI is InChI=1S/C19H21N3O2/c1-21(15-8-4-2-5-9-15)14-18(23)20-17-12-13-22(19(17)24)16-10-6-3-7-11-16/h2-11,17H,12-14H2,1H3,(H,20,23)/t17-/m1/s1. The fraction of sp³-hybridized carbons (Fsp3) is 0.263. The SMILES string of the molecule is CN(CC(=O)N[C@@H]1CCN(c2ccccc2)C1=O)c1ccccc1. The summed E-state index contributed by atoms with van der Waals surface area (Å²) >= 11 is 0. The van der Waals surface area contributed by atoms with Crippen LogP contribution < -0.4 is 15.1 Å². The number of carbonyl (C=O) groups is 2. The first kappa shape index (κ1) is 16.1. The first-order chi connectivity index (χ1) is 11.6. The Morgan fingerprint density at radius 2 is 1.75 bits per heavy atom. The summed E-state index contributed by atoms with van der Waals surface area (Å²) in [5, 5.41) is 2.86. The molecule has 0 aromatic heterocycles. The summed E-state index contributed by atoms with van der Waals surface area (Å²) in [6.45, 7) is 0.849. The van der Waals surface area contributed by atoms with Gasteiger partial charge in [-0.3, -0.25) is 9.59 Å². The highest BCUT2D eigenvalue weighted by Crippen LogP contribution is 2.21. The van der Waals surface area contributed by atoms with Gasteiger partial charge in [0, 0.05) is 25.0 Å². The second-order valence-corrected chi connectivity index (χ2v) is 5.93. The van der Waals surface area contributed by atoms with E-state index in [1.54, 1.807) is 4.90 Å². The first-order valence-corrected chi connectivity index (χ1v) is 8.07. The maximum absolute atomic E-state index is 12.5. The van der Waals surface area contributed by atoms with Crippen molar-refractivity contribution in [3.05, 3.63) is 60.7 Å². The van der Waals surface area contributed by atoms with Crippen molar-refractivity contribution in [1.82, 2.24) is 5.32 Å². The molecule has 24 heavy (non-hydrogen) atoms. The van der Waals surface area contributed by atoms with Crippen molar-refractivity contribution in [2.24, 2.45) is 0 Å². The Morgan fingerprint density at radius 3 is 2.42 bits per heavy atom. The van der Waals surface area contributed by atoms with E-state index in [4.69, 9.17) is 0 Å². The number of rotatable bonds is 5. The molecule has 1 aliphatic rings. The number of nitrogens with one attached hydrogen (secondary N) is 1. The molecule has 1 aliphatic heterocycles. The Morgan fingerprint density at radius 1 is 1.12 bits per heavy atom. The van der Waals surface area contributed by atoms with Gasteiger partial charge >= 0.3 is 0 Å². The summed E-state index contributed by atoms with van der Waals surface area (Å²) < 4.78 is 0. The normalized spacial score (nSPS) is 17.0. The van der Waals surface area contributed by atoms with E-state index >= 15 is 0 Å². The van der Waals surface area contributed by atoms with Crippen molar-refractivity contribution in [2.45, 2.75) is 12.5 Å². The zero-order valence-corrected chi connectivity index (χ0v) is 13.7. The van der Waals surface area contributed by atoms with Gasteiger partial charge in [-0.15, -0.1) is 0 Å². The van der Waals surface area contributed by atoms with Gasteiger partial charge in [0.15, 0.2) is 0 Å². The second kappa shape index (κ2) is 7.17. The third kappa shape index (κ3) is 3.56. The molecular weight excluding hydrogens is 302 g/mol. The molecule has 2 aromatic rings. The molecule has 3 rings (SSSR count). The predicted octanol–water partition coefficient (Wildman–Crippen LogP) is 2.04. The molecule has 0 bridgehead atoms. The minimum absolute atomic E-state index is 0.0445. The van der Waals surface area contributed by atoms with Gasteiger partial charge in [-0.25, -0.2) is 0 Å². The van der Waals surface area contributed by atoms with Crippen molar-refractivity contribution in [3.63, 3.8) is 0 Å². The molecule has 0 spiro atoms. The van der Waals surface area contributed by atoms with Crippen LogP contribution in [0.5, 0.6) is 0 Å². The average Bonchev–Trinajstić information content (AvgIpc) is 2.97. The van der Waals surface area contributed by atoms with Crippen molar-refractivity contribution >= 4 is 23.2 Å².